The van der Waals surface area contributed by atoms with Gasteiger partial charge in [0.2, 0.25) is 0 Å². The maximum atomic E-state index is 12.8. The van der Waals surface area contributed by atoms with Crippen molar-refractivity contribution in [3.63, 3.8) is 0 Å². The van der Waals surface area contributed by atoms with Gasteiger partial charge in [-0.15, -0.1) is 0 Å². The molecule has 3 rings (SSSR count). The van der Waals surface area contributed by atoms with E-state index in [9.17, 15) is 9.90 Å². The van der Waals surface area contributed by atoms with Crippen molar-refractivity contribution in [2.45, 2.75) is 38.3 Å². The molecule has 0 radical (unpaired) electrons. The number of nitrogens with zero attached hydrogens (tertiary/aromatic N) is 2. The summed E-state index contributed by atoms with van der Waals surface area (Å²) in [5.41, 5.74) is 3.59. The third kappa shape index (κ3) is 4.37. The van der Waals surface area contributed by atoms with Crippen molar-refractivity contribution in [2.24, 2.45) is 0 Å². The lowest BCUT2D eigenvalue weighted by molar-refractivity contribution is 0.157. The number of pyridine rings is 1. The van der Waals surface area contributed by atoms with Crippen LogP contribution in [0.25, 0.3) is 0 Å². The molecule has 0 saturated heterocycles. The zero-order valence-corrected chi connectivity index (χ0v) is 14.4. The Kier molecular flexibility index (Phi) is 6.01. The van der Waals surface area contributed by atoms with Crippen LogP contribution in [0, 0.1) is 0 Å². The maximum absolute atomic E-state index is 12.8. The van der Waals surface area contributed by atoms with Crippen molar-refractivity contribution in [1.29, 1.82) is 0 Å². The molecule has 5 heteroatoms. The summed E-state index contributed by atoms with van der Waals surface area (Å²) in [4.78, 5) is 18.7. The molecule has 1 aromatic carbocycles. The van der Waals surface area contributed by atoms with Gasteiger partial charge in [0.05, 0.1) is 6.04 Å². The second-order valence-corrected chi connectivity index (χ2v) is 6.39. The third-order valence-corrected chi connectivity index (χ3v) is 4.73. The van der Waals surface area contributed by atoms with Crippen molar-refractivity contribution in [3.05, 3.63) is 65.5 Å². The van der Waals surface area contributed by atoms with E-state index >= 15 is 0 Å². The van der Waals surface area contributed by atoms with Crippen LogP contribution < -0.4 is 5.32 Å². The molecule has 1 aliphatic carbocycles. The highest BCUT2D eigenvalue weighted by Gasteiger charge is 2.28. The van der Waals surface area contributed by atoms with Crippen LogP contribution in [0.15, 0.2) is 48.8 Å². The Balaban J connectivity index is 1.74. The first-order valence-electron chi connectivity index (χ1n) is 8.91. The number of aliphatic hydroxyl groups is 1. The number of fused-ring (bicyclic) bond motifs is 1. The highest BCUT2D eigenvalue weighted by Crippen LogP contribution is 2.34. The minimum absolute atomic E-state index is 0.0769. The van der Waals surface area contributed by atoms with Gasteiger partial charge in [0.1, 0.15) is 0 Å². The van der Waals surface area contributed by atoms with E-state index in [2.05, 4.69) is 28.5 Å². The van der Waals surface area contributed by atoms with Crippen LogP contribution in [-0.2, 0) is 13.0 Å². The molecular weight excluding hydrogens is 314 g/mol. The van der Waals surface area contributed by atoms with E-state index in [1.807, 2.05) is 23.1 Å². The number of hydrogen-bond donors (Lipinski definition) is 2. The van der Waals surface area contributed by atoms with Crippen molar-refractivity contribution < 1.29 is 9.90 Å². The number of aliphatic hydroxyl groups excluding tert-OH is 1. The fourth-order valence-electron chi connectivity index (χ4n) is 3.47. The predicted molar refractivity (Wildman–Crippen MR) is 97.0 cm³/mol. The number of carbonyl (C=O) groups is 1. The number of amides is 2. The summed E-state index contributed by atoms with van der Waals surface area (Å²) in [5, 5.41) is 12.2. The number of benzene rings is 1. The first-order valence-corrected chi connectivity index (χ1v) is 8.91. The van der Waals surface area contributed by atoms with Gasteiger partial charge >= 0.3 is 6.03 Å². The first-order chi connectivity index (χ1) is 12.3. The Labute approximate surface area is 148 Å². The zero-order valence-electron chi connectivity index (χ0n) is 14.4. The molecular formula is C20H25N3O2. The number of hydrogen-bond acceptors (Lipinski definition) is 3. The lowest BCUT2D eigenvalue weighted by Gasteiger charge is -2.36. The van der Waals surface area contributed by atoms with E-state index in [0.29, 0.717) is 19.5 Å². The highest BCUT2D eigenvalue weighted by molar-refractivity contribution is 5.75. The van der Waals surface area contributed by atoms with E-state index < -0.39 is 0 Å². The van der Waals surface area contributed by atoms with Gasteiger partial charge in [0.15, 0.2) is 0 Å². The van der Waals surface area contributed by atoms with E-state index in [-0.39, 0.29) is 18.7 Å². The molecule has 1 unspecified atom stereocenters. The SMILES string of the molecule is O=C(NCc1ccncc1)N(CCCO)C1CCCc2ccccc21. The van der Waals surface area contributed by atoms with Gasteiger partial charge in [0, 0.05) is 32.1 Å². The van der Waals surface area contributed by atoms with Gasteiger partial charge in [-0.05, 0) is 54.5 Å². The molecule has 0 aliphatic heterocycles. The van der Waals surface area contributed by atoms with Crippen LogP contribution >= 0.6 is 0 Å². The monoisotopic (exact) mass is 339 g/mol. The largest absolute Gasteiger partial charge is 0.396 e. The number of rotatable bonds is 6. The smallest absolute Gasteiger partial charge is 0.318 e. The standard InChI is InChI=1S/C20H25N3O2/c24-14-4-13-23(20(25)22-15-16-9-11-21-12-10-16)19-8-3-6-17-5-1-2-7-18(17)19/h1-2,5,7,9-12,19,24H,3-4,6,8,13-15H2,(H,22,25). The third-order valence-electron chi connectivity index (χ3n) is 4.73. The molecule has 1 heterocycles. The highest BCUT2D eigenvalue weighted by atomic mass is 16.3. The lowest BCUT2D eigenvalue weighted by atomic mass is 9.87. The van der Waals surface area contributed by atoms with Crippen LogP contribution in [0.5, 0.6) is 0 Å². The van der Waals surface area contributed by atoms with Gasteiger partial charge in [-0.2, -0.15) is 0 Å². The fraction of sp³-hybridized carbons (Fsp3) is 0.400. The van der Waals surface area contributed by atoms with Crippen molar-refractivity contribution in [2.75, 3.05) is 13.2 Å². The Morgan fingerprint density at radius 3 is 2.84 bits per heavy atom. The average Bonchev–Trinajstić information content (AvgIpc) is 2.67. The molecule has 0 spiro atoms. The second kappa shape index (κ2) is 8.62. The molecule has 25 heavy (non-hydrogen) atoms. The second-order valence-electron chi connectivity index (χ2n) is 6.39. The van der Waals surface area contributed by atoms with Crippen LogP contribution in [-0.4, -0.2) is 34.2 Å². The molecule has 1 aromatic heterocycles. The van der Waals surface area contributed by atoms with Crippen LogP contribution in [0.1, 0.15) is 42.0 Å². The number of urea groups is 1. The topological polar surface area (TPSA) is 65.5 Å². The van der Waals surface area contributed by atoms with Gasteiger partial charge < -0.3 is 15.3 Å². The number of aromatic nitrogens is 1. The minimum atomic E-state index is -0.0769. The Morgan fingerprint density at radius 2 is 2.04 bits per heavy atom. The predicted octanol–water partition coefficient (Wildman–Crippen LogP) is 3.05. The minimum Gasteiger partial charge on any atom is -0.396 e. The molecule has 0 bridgehead atoms. The van der Waals surface area contributed by atoms with E-state index in [0.717, 1.165) is 24.8 Å². The first kappa shape index (κ1) is 17.4. The number of nitrogens with one attached hydrogen (secondary N) is 1. The van der Waals surface area contributed by atoms with Crippen LogP contribution in [0.3, 0.4) is 0 Å². The summed E-state index contributed by atoms with van der Waals surface area (Å²) in [7, 11) is 0. The number of carbonyl (C=O) groups excluding carboxylic acids is 1. The molecule has 132 valence electrons. The van der Waals surface area contributed by atoms with Gasteiger partial charge in [0.25, 0.3) is 0 Å². The molecule has 2 amide bonds. The molecule has 1 atom stereocenters. The molecule has 2 aromatic rings. The summed E-state index contributed by atoms with van der Waals surface area (Å²) in [6.07, 6.45) is 7.14. The summed E-state index contributed by atoms with van der Waals surface area (Å²) in [6.45, 7) is 1.12. The van der Waals surface area contributed by atoms with Crippen LogP contribution in [0.2, 0.25) is 0 Å². The van der Waals surface area contributed by atoms with E-state index in [4.69, 9.17) is 0 Å². The van der Waals surface area contributed by atoms with Crippen molar-refractivity contribution in [3.8, 4) is 0 Å². The maximum Gasteiger partial charge on any atom is 0.318 e. The van der Waals surface area contributed by atoms with Gasteiger partial charge in [-0.25, -0.2) is 4.79 Å². The lowest BCUT2D eigenvalue weighted by Crippen LogP contribution is -2.43. The quantitative estimate of drug-likeness (QED) is 0.850. The van der Waals surface area contributed by atoms with E-state index in [1.165, 1.54) is 11.1 Å². The molecule has 5 nitrogen and oxygen atoms in total. The summed E-state index contributed by atoms with van der Waals surface area (Å²) in [5.74, 6) is 0. The zero-order chi connectivity index (χ0) is 17.5. The van der Waals surface area contributed by atoms with E-state index in [1.54, 1.807) is 12.4 Å². The Bertz CT molecular complexity index is 690. The van der Waals surface area contributed by atoms with Gasteiger partial charge in [-0.3, -0.25) is 4.98 Å². The molecule has 2 N–H and O–H groups in total. The average molecular weight is 339 g/mol. The molecule has 1 aliphatic rings. The summed E-state index contributed by atoms with van der Waals surface area (Å²) in [6, 6.07) is 12.2. The molecule has 0 fully saturated rings. The van der Waals surface area contributed by atoms with Crippen molar-refractivity contribution in [1.82, 2.24) is 15.2 Å². The fourth-order valence-corrected chi connectivity index (χ4v) is 3.47. The van der Waals surface area contributed by atoms with Crippen LogP contribution in [0.4, 0.5) is 4.79 Å². The Hall–Kier alpha value is -2.40. The van der Waals surface area contributed by atoms with Gasteiger partial charge in [-0.1, -0.05) is 24.3 Å². The Morgan fingerprint density at radius 1 is 1.24 bits per heavy atom. The summed E-state index contributed by atoms with van der Waals surface area (Å²) < 4.78 is 0. The number of aryl methyl sites for hydroxylation is 1. The normalized spacial score (nSPS) is 16.1. The van der Waals surface area contributed by atoms with Crippen molar-refractivity contribution >= 4 is 6.03 Å². The summed E-state index contributed by atoms with van der Waals surface area (Å²) >= 11 is 0. The molecule has 0 saturated carbocycles.